The molecule has 3 amide bonds. The number of hydrogen-bond acceptors (Lipinski definition) is 7. The summed E-state index contributed by atoms with van der Waals surface area (Å²) in [6.45, 7) is 0.148. The minimum atomic E-state index is -1.30. The third kappa shape index (κ3) is 8.55. The molecule has 8 rings (SSSR count). The monoisotopic (exact) mass is 816 g/mol. The van der Waals surface area contributed by atoms with E-state index in [1.54, 1.807) is 102 Å². The molecule has 0 saturated carbocycles. The highest BCUT2D eigenvalue weighted by molar-refractivity contribution is 6.30. The molecule has 0 radical (unpaired) electrons. The molecule has 2 heterocycles. The number of carbonyl (C=O) groups is 4. The van der Waals surface area contributed by atoms with E-state index < -0.39 is 24.0 Å². The molecule has 2 unspecified atom stereocenters. The summed E-state index contributed by atoms with van der Waals surface area (Å²) in [4.78, 5) is 57.4. The van der Waals surface area contributed by atoms with Crippen LogP contribution in [0, 0.1) is 11.3 Å². The van der Waals surface area contributed by atoms with Gasteiger partial charge in [0.25, 0.3) is 11.8 Å². The lowest BCUT2D eigenvalue weighted by Gasteiger charge is -2.38. The number of carbonyl (C=O) groups excluding carboxylic acids is 3. The molecular formula is C48H37ClN4O7. The van der Waals surface area contributed by atoms with E-state index >= 15 is 0 Å². The van der Waals surface area contributed by atoms with Crippen molar-refractivity contribution in [2.45, 2.75) is 38.1 Å². The molecule has 60 heavy (non-hydrogen) atoms. The summed E-state index contributed by atoms with van der Waals surface area (Å²) in [5.74, 6) is -1.49. The van der Waals surface area contributed by atoms with Crippen molar-refractivity contribution in [3.8, 4) is 28.7 Å². The van der Waals surface area contributed by atoms with Crippen LogP contribution in [0.1, 0.15) is 38.2 Å². The van der Waals surface area contributed by atoms with Crippen molar-refractivity contribution < 1.29 is 33.8 Å². The fourth-order valence-corrected chi connectivity index (χ4v) is 7.68. The van der Waals surface area contributed by atoms with E-state index in [2.05, 4.69) is 11.4 Å². The summed E-state index contributed by atoms with van der Waals surface area (Å²) < 4.78 is 11.9. The van der Waals surface area contributed by atoms with Crippen LogP contribution in [0.2, 0.25) is 5.02 Å². The van der Waals surface area contributed by atoms with Gasteiger partial charge in [-0.1, -0.05) is 78.3 Å². The zero-order valence-electron chi connectivity index (χ0n) is 32.1. The van der Waals surface area contributed by atoms with Crippen LogP contribution in [0.3, 0.4) is 0 Å². The molecule has 11 nitrogen and oxygen atoms in total. The number of halogens is 1. The number of benzene rings is 6. The van der Waals surface area contributed by atoms with Crippen LogP contribution < -0.4 is 19.7 Å². The second kappa shape index (κ2) is 17.2. The molecule has 298 valence electrons. The van der Waals surface area contributed by atoms with Gasteiger partial charge in [0.05, 0.1) is 17.3 Å². The maximum Gasteiger partial charge on any atom is 0.326 e. The fraction of sp³-hybridized carbons (Fsp3) is 0.146. The molecule has 2 N–H and O–H groups in total. The third-order valence-corrected chi connectivity index (χ3v) is 10.8. The molecule has 12 heteroatoms. The second-order valence-electron chi connectivity index (χ2n) is 14.5. The highest BCUT2D eigenvalue weighted by atomic mass is 35.5. The first-order chi connectivity index (χ1) is 29.1. The highest BCUT2D eigenvalue weighted by Gasteiger charge is 2.39. The number of anilines is 2. The topological polar surface area (TPSA) is 149 Å². The van der Waals surface area contributed by atoms with E-state index in [1.165, 1.54) is 4.90 Å². The number of nitrogens with zero attached hydrogens (tertiary/aromatic N) is 3. The standard InChI is InChI=1S/C48H37ClN4O7/c49-38-8-4-5-32(21-38)28-59-40-19-17-39(18-20-40)53-42-23-36-24-43(52(47(56)35-6-2-1-3-7-35)27-37(36)25-44(42)60-29-45(53)54)46(55)51-41(48(57)58)22-30-9-13-33(14-10-30)34-15-11-31(26-50)12-16-34/h1-21,23,25,41,43H,22,24,27-29H2,(H,51,55)(H,57,58). The number of nitriles is 1. The van der Waals surface area contributed by atoms with Gasteiger partial charge in [-0.05, 0) is 106 Å². The van der Waals surface area contributed by atoms with Gasteiger partial charge in [-0.3, -0.25) is 19.3 Å². The number of ether oxygens (including phenoxy) is 2. The van der Waals surface area contributed by atoms with Crippen LogP contribution in [0.25, 0.3) is 11.1 Å². The lowest BCUT2D eigenvalue weighted by Crippen LogP contribution is -2.56. The summed E-state index contributed by atoms with van der Waals surface area (Å²) in [7, 11) is 0. The molecule has 2 atom stereocenters. The number of carboxylic acids is 1. The number of rotatable bonds is 11. The van der Waals surface area contributed by atoms with Crippen LogP contribution in [0.15, 0.2) is 140 Å². The summed E-state index contributed by atoms with van der Waals surface area (Å²) in [5.41, 5.74) is 6.81. The minimum Gasteiger partial charge on any atom is -0.489 e. The Balaban J connectivity index is 1.04. The minimum absolute atomic E-state index is 0.00296. The summed E-state index contributed by atoms with van der Waals surface area (Å²) in [6.07, 6.45) is 0.0496. The number of carboxylic acid groups (broad SMARTS) is 1. The first kappa shape index (κ1) is 39.4. The average Bonchev–Trinajstić information content (AvgIpc) is 3.27. The predicted octanol–water partition coefficient (Wildman–Crippen LogP) is 7.89. The zero-order chi connectivity index (χ0) is 41.8. The van der Waals surface area contributed by atoms with E-state index in [0.717, 1.165) is 22.3 Å². The molecule has 0 aromatic heterocycles. The quantitative estimate of drug-likeness (QED) is 0.134. The van der Waals surface area contributed by atoms with Crippen molar-refractivity contribution in [1.82, 2.24) is 10.2 Å². The summed E-state index contributed by atoms with van der Waals surface area (Å²) in [5, 5.41) is 22.8. The van der Waals surface area contributed by atoms with Gasteiger partial charge in [-0.2, -0.15) is 5.26 Å². The number of hydrogen-bond donors (Lipinski definition) is 2. The molecule has 0 spiro atoms. The van der Waals surface area contributed by atoms with Gasteiger partial charge in [0, 0.05) is 35.7 Å². The van der Waals surface area contributed by atoms with E-state index in [4.69, 9.17) is 26.3 Å². The molecule has 2 aliphatic rings. The van der Waals surface area contributed by atoms with Gasteiger partial charge < -0.3 is 24.8 Å². The van der Waals surface area contributed by atoms with Gasteiger partial charge in [0.1, 0.15) is 30.2 Å². The van der Waals surface area contributed by atoms with Crippen LogP contribution >= 0.6 is 11.6 Å². The van der Waals surface area contributed by atoms with Gasteiger partial charge in [0.2, 0.25) is 5.91 Å². The Labute approximate surface area is 351 Å². The summed E-state index contributed by atoms with van der Waals surface area (Å²) >= 11 is 6.12. The van der Waals surface area contributed by atoms with E-state index in [1.807, 2.05) is 42.5 Å². The van der Waals surface area contributed by atoms with E-state index in [9.17, 15) is 24.3 Å². The molecule has 0 bridgehead atoms. The number of nitrogens with one attached hydrogen (secondary N) is 1. The number of fused-ring (bicyclic) bond motifs is 2. The summed E-state index contributed by atoms with van der Waals surface area (Å²) in [6, 6.07) is 40.9. The van der Waals surface area contributed by atoms with Crippen molar-refractivity contribution >= 4 is 46.7 Å². The first-order valence-corrected chi connectivity index (χ1v) is 19.6. The molecule has 6 aromatic rings. The molecule has 0 aliphatic carbocycles. The van der Waals surface area contributed by atoms with Crippen LogP contribution in [-0.4, -0.2) is 52.4 Å². The van der Waals surface area contributed by atoms with Gasteiger partial charge >= 0.3 is 5.97 Å². The Morgan fingerprint density at radius 3 is 2.25 bits per heavy atom. The molecule has 6 aromatic carbocycles. The fourth-order valence-electron chi connectivity index (χ4n) is 7.47. The van der Waals surface area contributed by atoms with Gasteiger partial charge in [-0.15, -0.1) is 0 Å². The van der Waals surface area contributed by atoms with Crippen molar-refractivity contribution in [3.05, 3.63) is 178 Å². The van der Waals surface area contributed by atoms with Crippen molar-refractivity contribution in [2.75, 3.05) is 11.5 Å². The Morgan fingerprint density at radius 2 is 1.57 bits per heavy atom. The average molecular weight is 817 g/mol. The Bertz CT molecular complexity index is 2630. The van der Waals surface area contributed by atoms with E-state index in [-0.39, 0.29) is 37.8 Å². The van der Waals surface area contributed by atoms with Gasteiger partial charge in [-0.25, -0.2) is 4.79 Å². The van der Waals surface area contributed by atoms with Gasteiger partial charge in [0.15, 0.2) is 6.61 Å². The Morgan fingerprint density at radius 1 is 0.850 bits per heavy atom. The highest BCUT2D eigenvalue weighted by Crippen LogP contribution is 2.42. The lowest BCUT2D eigenvalue weighted by atomic mass is 9.91. The molecule has 0 fully saturated rings. The van der Waals surface area contributed by atoms with Crippen LogP contribution in [-0.2, 0) is 40.4 Å². The van der Waals surface area contributed by atoms with Crippen LogP contribution in [0.4, 0.5) is 11.4 Å². The molecular weight excluding hydrogens is 780 g/mol. The number of aliphatic carboxylic acids is 1. The SMILES string of the molecule is N#Cc1ccc(-c2ccc(CC(NC(=O)C3Cc4cc5c(cc4CN3C(=O)c3ccccc3)OCC(=O)N5c3ccc(OCc4cccc(Cl)c4)cc3)C(=O)O)cc2)cc1. The number of amides is 3. The lowest BCUT2D eigenvalue weighted by molar-refractivity contribution is -0.142. The molecule has 0 saturated heterocycles. The second-order valence-corrected chi connectivity index (χ2v) is 15.0. The Hall–Kier alpha value is -7.42. The third-order valence-electron chi connectivity index (χ3n) is 10.6. The first-order valence-electron chi connectivity index (χ1n) is 19.2. The van der Waals surface area contributed by atoms with Crippen molar-refractivity contribution in [1.29, 1.82) is 5.26 Å². The van der Waals surface area contributed by atoms with Crippen molar-refractivity contribution in [2.24, 2.45) is 0 Å². The smallest absolute Gasteiger partial charge is 0.326 e. The molecule has 2 aliphatic heterocycles. The normalized spacial score (nSPS) is 14.8. The maximum absolute atomic E-state index is 14.3. The Kier molecular flexibility index (Phi) is 11.3. The largest absolute Gasteiger partial charge is 0.489 e. The van der Waals surface area contributed by atoms with Crippen LogP contribution in [0.5, 0.6) is 11.5 Å². The zero-order valence-corrected chi connectivity index (χ0v) is 32.8. The van der Waals surface area contributed by atoms with Crippen molar-refractivity contribution in [3.63, 3.8) is 0 Å². The maximum atomic E-state index is 14.3. The van der Waals surface area contributed by atoms with E-state index in [0.29, 0.717) is 56.8 Å². The predicted molar refractivity (Wildman–Crippen MR) is 225 cm³/mol.